The van der Waals surface area contributed by atoms with Crippen LogP contribution in [-0.2, 0) is 7.05 Å². The molecule has 4 rings (SSSR count). The molecule has 3 heterocycles. The van der Waals surface area contributed by atoms with Gasteiger partial charge in [0.15, 0.2) is 5.82 Å². The molecule has 7 heteroatoms. The topological polar surface area (TPSA) is 79.7 Å². The molecule has 0 amide bonds. The van der Waals surface area contributed by atoms with Gasteiger partial charge in [-0.2, -0.15) is 5.10 Å². The SMILES string of the molecule is CC.CCCC.CN(C)c1ccc(-c2ccc(-c3ccc(=O)n(C)c3)c3cn[nH]c23)nn1. The van der Waals surface area contributed by atoms with Gasteiger partial charge in [-0.3, -0.25) is 9.89 Å². The maximum atomic E-state index is 11.7. The summed E-state index contributed by atoms with van der Waals surface area (Å²) in [5.74, 6) is 0.802. The first-order chi connectivity index (χ1) is 15.5. The zero-order valence-corrected chi connectivity index (χ0v) is 20.2. The molecule has 0 unspecified atom stereocenters. The number of rotatable bonds is 4. The summed E-state index contributed by atoms with van der Waals surface area (Å²) in [5, 5.41) is 16.8. The van der Waals surface area contributed by atoms with E-state index in [1.54, 1.807) is 23.9 Å². The number of aromatic amines is 1. The minimum atomic E-state index is -0.0370. The Kier molecular flexibility index (Phi) is 9.13. The Balaban J connectivity index is 0.000000547. The van der Waals surface area contributed by atoms with Gasteiger partial charge in [-0.25, -0.2) is 0 Å². The summed E-state index contributed by atoms with van der Waals surface area (Å²) in [4.78, 5) is 13.6. The van der Waals surface area contributed by atoms with E-state index in [0.29, 0.717) is 0 Å². The molecule has 170 valence electrons. The van der Waals surface area contributed by atoms with Crippen molar-refractivity contribution in [2.75, 3.05) is 19.0 Å². The van der Waals surface area contributed by atoms with Gasteiger partial charge in [0.2, 0.25) is 5.56 Å². The molecule has 0 aliphatic heterocycles. The van der Waals surface area contributed by atoms with Crippen LogP contribution < -0.4 is 10.5 Å². The molecule has 4 aromatic rings. The van der Waals surface area contributed by atoms with E-state index in [9.17, 15) is 4.79 Å². The van der Waals surface area contributed by atoms with Crippen LogP contribution in [0.4, 0.5) is 5.82 Å². The first kappa shape index (κ1) is 24.8. The number of hydrogen-bond acceptors (Lipinski definition) is 5. The van der Waals surface area contributed by atoms with Crippen molar-refractivity contribution in [1.82, 2.24) is 25.0 Å². The van der Waals surface area contributed by atoms with Gasteiger partial charge >= 0.3 is 0 Å². The fraction of sp³-hybridized carbons (Fsp3) is 0.360. The average molecular weight is 435 g/mol. The van der Waals surface area contributed by atoms with Gasteiger partial charge in [0, 0.05) is 44.4 Å². The molecule has 0 bridgehead atoms. The van der Waals surface area contributed by atoms with Crippen molar-refractivity contribution in [3.8, 4) is 22.4 Å². The van der Waals surface area contributed by atoms with Crippen LogP contribution >= 0.6 is 0 Å². The van der Waals surface area contributed by atoms with Gasteiger partial charge in [0.1, 0.15) is 0 Å². The summed E-state index contributed by atoms with van der Waals surface area (Å²) in [5.41, 5.74) is 4.53. The minimum absolute atomic E-state index is 0.0370. The number of unbranched alkanes of at least 4 members (excludes halogenated alkanes) is 1. The molecular weight excluding hydrogens is 400 g/mol. The zero-order chi connectivity index (χ0) is 23.7. The number of nitrogens with one attached hydrogen (secondary N) is 1. The predicted octanol–water partition coefficient (Wildman–Crippen LogP) is 5.28. The summed E-state index contributed by atoms with van der Waals surface area (Å²) >= 11 is 0. The van der Waals surface area contributed by atoms with Crippen molar-refractivity contribution in [1.29, 1.82) is 0 Å². The Hall–Kier alpha value is -3.48. The van der Waals surface area contributed by atoms with Crippen LogP contribution in [0.5, 0.6) is 0 Å². The predicted molar refractivity (Wildman–Crippen MR) is 134 cm³/mol. The first-order valence-electron chi connectivity index (χ1n) is 11.1. The van der Waals surface area contributed by atoms with Gasteiger partial charge in [0.25, 0.3) is 0 Å². The summed E-state index contributed by atoms with van der Waals surface area (Å²) in [7, 11) is 5.60. The summed E-state index contributed by atoms with van der Waals surface area (Å²) in [6.45, 7) is 8.36. The normalized spacial score (nSPS) is 10.1. The van der Waals surface area contributed by atoms with E-state index in [4.69, 9.17) is 0 Å². The van der Waals surface area contributed by atoms with E-state index in [0.717, 1.165) is 39.1 Å². The largest absolute Gasteiger partial charge is 0.361 e. The molecule has 0 saturated carbocycles. The summed E-state index contributed by atoms with van der Waals surface area (Å²) < 4.78 is 1.57. The third kappa shape index (κ3) is 5.60. The highest BCUT2D eigenvalue weighted by molar-refractivity contribution is 6.01. The lowest BCUT2D eigenvalue weighted by Crippen LogP contribution is -2.13. The lowest BCUT2D eigenvalue weighted by molar-refractivity contribution is 0.862. The van der Waals surface area contributed by atoms with Gasteiger partial charge < -0.3 is 9.47 Å². The second-order valence-corrected chi connectivity index (χ2v) is 7.36. The number of fused-ring (bicyclic) bond motifs is 1. The number of aryl methyl sites for hydroxylation is 1. The van der Waals surface area contributed by atoms with E-state index in [1.165, 1.54) is 12.8 Å². The van der Waals surface area contributed by atoms with Crippen molar-refractivity contribution in [2.45, 2.75) is 40.5 Å². The smallest absolute Gasteiger partial charge is 0.250 e. The number of H-pyrrole nitrogens is 1. The molecule has 0 radical (unpaired) electrons. The molecule has 0 saturated heterocycles. The number of pyridine rings is 1. The number of nitrogens with zero attached hydrogens (tertiary/aromatic N) is 5. The van der Waals surface area contributed by atoms with Crippen LogP contribution in [0.3, 0.4) is 0 Å². The molecule has 0 atom stereocenters. The van der Waals surface area contributed by atoms with Crippen LogP contribution in [0, 0.1) is 0 Å². The van der Waals surface area contributed by atoms with Crippen molar-refractivity contribution < 1.29 is 0 Å². The first-order valence-corrected chi connectivity index (χ1v) is 11.1. The van der Waals surface area contributed by atoms with Crippen LogP contribution in [0.25, 0.3) is 33.3 Å². The molecule has 0 aliphatic rings. The van der Waals surface area contributed by atoms with Crippen LogP contribution in [0.1, 0.15) is 40.5 Å². The van der Waals surface area contributed by atoms with Crippen LogP contribution in [-0.4, -0.2) is 39.1 Å². The molecule has 3 aromatic heterocycles. The highest BCUT2D eigenvalue weighted by Crippen LogP contribution is 2.33. The van der Waals surface area contributed by atoms with E-state index in [1.807, 2.05) is 69.4 Å². The monoisotopic (exact) mass is 434 g/mol. The minimum Gasteiger partial charge on any atom is -0.361 e. The number of aromatic nitrogens is 5. The Morgan fingerprint density at radius 1 is 0.938 bits per heavy atom. The molecule has 1 N–H and O–H groups in total. The van der Waals surface area contributed by atoms with Gasteiger partial charge in [-0.05, 0) is 35.4 Å². The highest BCUT2D eigenvalue weighted by Gasteiger charge is 2.13. The van der Waals surface area contributed by atoms with E-state index < -0.39 is 0 Å². The molecule has 0 aliphatic carbocycles. The fourth-order valence-corrected chi connectivity index (χ4v) is 2.96. The van der Waals surface area contributed by atoms with Crippen molar-refractivity contribution in [2.24, 2.45) is 7.05 Å². The quantitative estimate of drug-likeness (QED) is 0.472. The third-order valence-corrected chi connectivity index (χ3v) is 4.90. The maximum absolute atomic E-state index is 11.7. The molecule has 7 nitrogen and oxygen atoms in total. The lowest BCUT2D eigenvalue weighted by Gasteiger charge is -2.11. The Labute approximate surface area is 190 Å². The summed E-state index contributed by atoms with van der Waals surface area (Å²) in [6, 6.07) is 11.3. The van der Waals surface area contributed by atoms with E-state index in [2.05, 4.69) is 34.2 Å². The maximum Gasteiger partial charge on any atom is 0.250 e. The number of hydrogen-bond donors (Lipinski definition) is 1. The molecular formula is C25H34N6O. The molecule has 32 heavy (non-hydrogen) atoms. The average Bonchev–Trinajstić information content (AvgIpc) is 3.32. The van der Waals surface area contributed by atoms with Gasteiger partial charge in [-0.15, -0.1) is 10.2 Å². The van der Waals surface area contributed by atoms with Crippen molar-refractivity contribution in [3.05, 3.63) is 59.1 Å². The van der Waals surface area contributed by atoms with Crippen molar-refractivity contribution in [3.63, 3.8) is 0 Å². The standard InChI is InChI=1S/C19H18N6O.C4H10.C2H6/c1-24(2)17-8-7-16(21-22-17)14-6-5-13(15-10-20-23-19(14)15)12-4-9-18(26)25(3)11-12;1-3-4-2;1-2/h4-11H,1-3H3,(H,20,23);3-4H2,1-2H3;1-2H3. The van der Waals surface area contributed by atoms with Gasteiger partial charge in [-0.1, -0.05) is 46.6 Å². The second kappa shape index (κ2) is 11.8. The fourth-order valence-electron chi connectivity index (χ4n) is 2.96. The molecule has 0 fully saturated rings. The number of anilines is 1. The van der Waals surface area contributed by atoms with E-state index in [-0.39, 0.29) is 5.56 Å². The second-order valence-electron chi connectivity index (χ2n) is 7.36. The van der Waals surface area contributed by atoms with Crippen molar-refractivity contribution >= 4 is 16.7 Å². The number of benzene rings is 1. The van der Waals surface area contributed by atoms with Crippen LogP contribution in [0.15, 0.2) is 53.6 Å². The molecule has 0 spiro atoms. The van der Waals surface area contributed by atoms with Gasteiger partial charge in [0.05, 0.1) is 17.4 Å². The third-order valence-electron chi connectivity index (χ3n) is 4.90. The zero-order valence-electron chi connectivity index (χ0n) is 20.2. The molecule has 1 aromatic carbocycles. The Morgan fingerprint density at radius 2 is 1.62 bits per heavy atom. The highest BCUT2D eigenvalue weighted by atomic mass is 16.1. The van der Waals surface area contributed by atoms with E-state index >= 15 is 0 Å². The summed E-state index contributed by atoms with van der Waals surface area (Å²) in [6.07, 6.45) is 6.26. The Morgan fingerprint density at radius 3 is 2.19 bits per heavy atom. The lowest BCUT2D eigenvalue weighted by atomic mass is 9.99. The van der Waals surface area contributed by atoms with Crippen LogP contribution in [0.2, 0.25) is 0 Å². The Bertz CT molecular complexity index is 1170.